The Morgan fingerprint density at radius 2 is 1.75 bits per heavy atom. The predicted octanol–water partition coefficient (Wildman–Crippen LogP) is 2.53. The standard InChI is InChI=1S/C19H27N5O3S/c1-26-17-10-14-15(11-18(17)27-2)22-21-12-16(14)23-7-4-19(5-8-23)6-9-24(13-19)28(3,20)25/h10-12,20H,4-9,13H2,1-3H3. The number of nitrogens with one attached hydrogen (secondary N) is 1. The van der Waals surface area contributed by atoms with Crippen LogP contribution in [0.4, 0.5) is 5.69 Å². The van der Waals surface area contributed by atoms with E-state index in [1.54, 1.807) is 14.2 Å². The summed E-state index contributed by atoms with van der Waals surface area (Å²) in [4.78, 5) is 2.35. The number of benzene rings is 1. The third-order valence-electron chi connectivity index (χ3n) is 6.18. The van der Waals surface area contributed by atoms with E-state index in [2.05, 4.69) is 15.1 Å². The molecule has 2 fully saturated rings. The topological polar surface area (TPSA) is 91.6 Å². The van der Waals surface area contributed by atoms with Crippen LogP contribution in [0.1, 0.15) is 19.3 Å². The van der Waals surface area contributed by atoms with Gasteiger partial charge in [-0.3, -0.25) is 0 Å². The van der Waals surface area contributed by atoms with E-state index in [1.807, 2.05) is 22.6 Å². The van der Waals surface area contributed by atoms with Crippen molar-refractivity contribution in [1.29, 1.82) is 4.78 Å². The fourth-order valence-corrected chi connectivity index (χ4v) is 5.40. The van der Waals surface area contributed by atoms with Gasteiger partial charge >= 0.3 is 0 Å². The molecule has 1 N–H and O–H groups in total. The first-order chi connectivity index (χ1) is 13.3. The van der Waals surface area contributed by atoms with Crippen LogP contribution in [-0.2, 0) is 9.92 Å². The lowest BCUT2D eigenvalue weighted by Gasteiger charge is -2.40. The number of methoxy groups -OCH3 is 2. The van der Waals surface area contributed by atoms with Crippen LogP contribution >= 0.6 is 0 Å². The van der Waals surface area contributed by atoms with Crippen molar-refractivity contribution < 1.29 is 13.7 Å². The number of ether oxygens (including phenoxy) is 2. The molecule has 0 bridgehead atoms. The highest BCUT2D eigenvalue weighted by atomic mass is 32.2. The molecule has 152 valence electrons. The van der Waals surface area contributed by atoms with Gasteiger partial charge in [-0.05, 0) is 30.7 Å². The van der Waals surface area contributed by atoms with Crippen molar-refractivity contribution >= 4 is 26.5 Å². The molecule has 3 heterocycles. The van der Waals surface area contributed by atoms with Crippen molar-refractivity contribution in [2.24, 2.45) is 5.41 Å². The molecule has 1 unspecified atom stereocenters. The number of piperidine rings is 1. The summed E-state index contributed by atoms with van der Waals surface area (Å²) in [5.41, 5.74) is 2.01. The lowest BCUT2D eigenvalue weighted by atomic mass is 9.77. The predicted molar refractivity (Wildman–Crippen MR) is 109 cm³/mol. The Labute approximate surface area is 165 Å². The minimum Gasteiger partial charge on any atom is -0.493 e. The molecular formula is C19H27N5O3S. The van der Waals surface area contributed by atoms with E-state index in [4.69, 9.17) is 14.3 Å². The normalized spacial score (nSPS) is 21.8. The van der Waals surface area contributed by atoms with Crippen molar-refractivity contribution in [3.63, 3.8) is 0 Å². The second-order valence-corrected chi connectivity index (χ2v) is 9.98. The molecule has 0 aliphatic carbocycles. The first-order valence-corrected chi connectivity index (χ1v) is 11.4. The monoisotopic (exact) mass is 405 g/mol. The number of hydrogen-bond donors (Lipinski definition) is 1. The lowest BCUT2D eigenvalue weighted by molar-refractivity contribution is 0.236. The summed E-state index contributed by atoms with van der Waals surface area (Å²) in [6, 6.07) is 3.82. The fourth-order valence-electron chi connectivity index (χ4n) is 4.44. The Balaban J connectivity index is 1.58. The third kappa shape index (κ3) is 3.37. The van der Waals surface area contributed by atoms with Crippen LogP contribution in [0.5, 0.6) is 11.5 Å². The van der Waals surface area contributed by atoms with Gasteiger partial charge in [0.05, 0.1) is 31.6 Å². The van der Waals surface area contributed by atoms with Crippen LogP contribution in [0.15, 0.2) is 18.3 Å². The Kier molecular flexibility index (Phi) is 4.83. The van der Waals surface area contributed by atoms with Crippen molar-refractivity contribution in [3.8, 4) is 11.5 Å². The van der Waals surface area contributed by atoms with Gasteiger partial charge in [0.1, 0.15) is 9.92 Å². The highest BCUT2D eigenvalue weighted by Crippen LogP contribution is 2.43. The average Bonchev–Trinajstić information content (AvgIpc) is 3.11. The summed E-state index contributed by atoms with van der Waals surface area (Å²) < 4.78 is 32.7. The molecule has 4 rings (SSSR count). The Hall–Kier alpha value is -2.13. The Morgan fingerprint density at radius 1 is 1.11 bits per heavy atom. The molecular weight excluding hydrogens is 378 g/mol. The molecule has 2 aromatic rings. The summed E-state index contributed by atoms with van der Waals surface area (Å²) in [6.45, 7) is 3.34. The summed E-state index contributed by atoms with van der Waals surface area (Å²) in [6.07, 6.45) is 6.41. The molecule has 0 amide bonds. The highest BCUT2D eigenvalue weighted by molar-refractivity contribution is 7.89. The van der Waals surface area contributed by atoms with E-state index in [0.717, 1.165) is 62.0 Å². The molecule has 2 aliphatic heterocycles. The van der Waals surface area contributed by atoms with Crippen molar-refractivity contribution in [3.05, 3.63) is 18.3 Å². The molecule has 1 aromatic heterocycles. The molecule has 1 spiro atoms. The van der Waals surface area contributed by atoms with Gasteiger partial charge in [-0.25, -0.2) is 13.3 Å². The molecule has 1 aromatic carbocycles. The first-order valence-electron chi connectivity index (χ1n) is 9.46. The van der Waals surface area contributed by atoms with E-state index in [1.165, 1.54) is 6.26 Å². The van der Waals surface area contributed by atoms with Crippen LogP contribution < -0.4 is 14.4 Å². The lowest BCUT2D eigenvalue weighted by Crippen LogP contribution is -2.42. The molecule has 1 atom stereocenters. The molecule has 2 aliphatic rings. The van der Waals surface area contributed by atoms with Crippen molar-refractivity contribution in [1.82, 2.24) is 14.5 Å². The molecule has 8 nitrogen and oxygen atoms in total. The fraction of sp³-hybridized carbons (Fsp3) is 0.579. The Bertz CT molecular complexity index is 986. The van der Waals surface area contributed by atoms with Crippen LogP contribution in [0.25, 0.3) is 10.9 Å². The van der Waals surface area contributed by atoms with Gasteiger partial charge in [0, 0.05) is 43.9 Å². The number of aromatic nitrogens is 2. The zero-order chi connectivity index (χ0) is 19.9. The SMILES string of the molecule is COc1cc2nncc(N3CCC4(CC3)CCN(S(C)(=N)=O)C4)c2cc1OC. The number of rotatable bonds is 4. The Morgan fingerprint density at radius 3 is 2.36 bits per heavy atom. The number of anilines is 1. The first kappa shape index (κ1) is 19.2. The van der Waals surface area contributed by atoms with E-state index < -0.39 is 9.92 Å². The van der Waals surface area contributed by atoms with Gasteiger partial charge in [-0.1, -0.05) is 0 Å². The maximum absolute atomic E-state index is 12.1. The zero-order valence-electron chi connectivity index (χ0n) is 16.6. The van der Waals surface area contributed by atoms with Gasteiger partial charge in [-0.15, -0.1) is 0 Å². The average molecular weight is 406 g/mol. The number of hydrogen-bond acceptors (Lipinski definition) is 7. The second kappa shape index (κ2) is 7.04. The maximum atomic E-state index is 12.1. The summed E-state index contributed by atoms with van der Waals surface area (Å²) in [5.74, 6) is 1.32. The maximum Gasteiger partial charge on any atom is 0.162 e. The van der Waals surface area contributed by atoms with Crippen LogP contribution in [0, 0.1) is 10.2 Å². The summed E-state index contributed by atoms with van der Waals surface area (Å²) in [7, 11) is 0.633. The van der Waals surface area contributed by atoms with Gasteiger partial charge in [0.2, 0.25) is 0 Å². The molecule has 28 heavy (non-hydrogen) atoms. The minimum absolute atomic E-state index is 0.174. The summed E-state index contributed by atoms with van der Waals surface area (Å²) >= 11 is 0. The van der Waals surface area contributed by atoms with Gasteiger partial charge in [0.15, 0.2) is 11.5 Å². The second-order valence-electron chi connectivity index (χ2n) is 7.86. The van der Waals surface area contributed by atoms with Crippen LogP contribution in [0.2, 0.25) is 0 Å². The van der Waals surface area contributed by atoms with Gasteiger partial charge in [0.25, 0.3) is 0 Å². The van der Waals surface area contributed by atoms with E-state index in [0.29, 0.717) is 11.5 Å². The molecule has 0 radical (unpaired) electrons. The highest BCUT2D eigenvalue weighted by Gasteiger charge is 2.42. The largest absolute Gasteiger partial charge is 0.493 e. The van der Waals surface area contributed by atoms with Crippen LogP contribution in [0.3, 0.4) is 0 Å². The summed E-state index contributed by atoms with van der Waals surface area (Å²) in [5, 5.41) is 9.45. The quantitative estimate of drug-likeness (QED) is 0.840. The van der Waals surface area contributed by atoms with Gasteiger partial charge < -0.3 is 14.4 Å². The van der Waals surface area contributed by atoms with Crippen LogP contribution in [-0.4, -0.2) is 65.4 Å². The van der Waals surface area contributed by atoms with Crippen molar-refractivity contribution in [2.75, 3.05) is 51.6 Å². The van der Waals surface area contributed by atoms with E-state index >= 15 is 0 Å². The van der Waals surface area contributed by atoms with Crippen molar-refractivity contribution in [2.45, 2.75) is 19.3 Å². The zero-order valence-corrected chi connectivity index (χ0v) is 17.4. The van der Waals surface area contributed by atoms with Gasteiger partial charge in [-0.2, -0.15) is 10.2 Å². The molecule has 0 saturated carbocycles. The minimum atomic E-state index is -2.61. The van der Waals surface area contributed by atoms with E-state index in [-0.39, 0.29) is 5.41 Å². The smallest absolute Gasteiger partial charge is 0.162 e. The number of fused-ring (bicyclic) bond motifs is 1. The number of nitrogens with zero attached hydrogens (tertiary/aromatic N) is 4. The third-order valence-corrected chi connectivity index (χ3v) is 7.48. The molecule has 2 saturated heterocycles. The molecule has 9 heteroatoms. The van der Waals surface area contributed by atoms with E-state index in [9.17, 15) is 4.21 Å².